The molecule has 0 atom stereocenters. The van der Waals surface area contributed by atoms with Crippen molar-refractivity contribution in [3.63, 3.8) is 0 Å². The quantitative estimate of drug-likeness (QED) is 0.209. The van der Waals surface area contributed by atoms with Crippen molar-refractivity contribution in [2.45, 2.75) is 38.9 Å². The van der Waals surface area contributed by atoms with Gasteiger partial charge in [0.15, 0.2) is 8.32 Å². The van der Waals surface area contributed by atoms with Crippen molar-refractivity contribution in [3.8, 4) is 22.8 Å². The molecule has 2 aromatic heterocycles. The first-order chi connectivity index (χ1) is 17.0. The van der Waals surface area contributed by atoms with Crippen molar-refractivity contribution < 1.29 is 13.9 Å². The third kappa shape index (κ3) is 5.37. The van der Waals surface area contributed by atoms with Gasteiger partial charge in [-0.05, 0) is 42.4 Å². The second-order valence-electron chi connectivity index (χ2n) is 10.4. The summed E-state index contributed by atoms with van der Waals surface area (Å²) in [6.07, 6.45) is 3.73. The highest BCUT2D eigenvalue weighted by molar-refractivity contribution is 6.74. The molecule has 0 bridgehead atoms. The number of hydrogen-bond acceptors (Lipinski definition) is 7. The molecular formula is C27H35N5O3Si. The van der Waals surface area contributed by atoms with Crippen molar-refractivity contribution in [1.29, 1.82) is 0 Å². The zero-order valence-corrected chi connectivity index (χ0v) is 23.4. The van der Waals surface area contributed by atoms with Crippen molar-refractivity contribution >= 4 is 30.6 Å². The summed E-state index contributed by atoms with van der Waals surface area (Å²) >= 11 is 0. The first-order valence-corrected chi connectivity index (χ1v) is 14.8. The topological polar surface area (TPSA) is 74.5 Å². The zero-order chi connectivity index (χ0) is 26.1. The number of anilines is 2. The first kappa shape index (κ1) is 25.7. The standard InChI is InChI=1S/C27H35N5O3Si/c1-27(2,3)36(7,8)35-18-32(22-13-23(33-5)15-24(14-22)34-6)21-9-10-25-19(11-21)12-26(30-29-25)20-16-28-31(4)17-20/h9-17H,18H2,1-8H3. The van der Waals surface area contributed by atoms with Gasteiger partial charge in [-0.15, -0.1) is 10.2 Å². The van der Waals surface area contributed by atoms with E-state index in [0.29, 0.717) is 18.2 Å². The van der Waals surface area contributed by atoms with E-state index in [9.17, 15) is 0 Å². The summed E-state index contributed by atoms with van der Waals surface area (Å²) in [5.41, 5.74) is 4.41. The van der Waals surface area contributed by atoms with Gasteiger partial charge >= 0.3 is 0 Å². The number of aromatic nitrogens is 4. The van der Waals surface area contributed by atoms with Crippen LogP contribution < -0.4 is 14.4 Å². The molecule has 0 amide bonds. The van der Waals surface area contributed by atoms with E-state index in [4.69, 9.17) is 13.9 Å². The maximum absolute atomic E-state index is 6.66. The number of aryl methyl sites for hydroxylation is 1. The number of fused-ring (bicyclic) bond motifs is 1. The Balaban J connectivity index is 1.79. The molecule has 190 valence electrons. The van der Waals surface area contributed by atoms with Crippen LogP contribution in [0.2, 0.25) is 18.1 Å². The van der Waals surface area contributed by atoms with E-state index >= 15 is 0 Å². The highest BCUT2D eigenvalue weighted by Gasteiger charge is 2.37. The van der Waals surface area contributed by atoms with E-state index in [0.717, 1.165) is 33.5 Å². The fourth-order valence-electron chi connectivity index (χ4n) is 3.58. The Kier molecular flexibility index (Phi) is 7.06. The molecule has 0 saturated carbocycles. The molecule has 9 heteroatoms. The largest absolute Gasteiger partial charge is 0.497 e. The van der Waals surface area contributed by atoms with E-state index < -0.39 is 8.32 Å². The van der Waals surface area contributed by atoms with Gasteiger partial charge in [-0.2, -0.15) is 5.10 Å². The van der Waals surface area contributed by atoms with Gasteiger partial charge in [-0.25, -0.2) is 0 Å². The van der Waals surface area contributed by atoms with Gasteiger partial charge in [-0.1, -0.05) is 20.8 Å². The Morgan fingerprint density at radius 3 is 2.19 bits per heavy atom. The minimum Gasteiger partial charge on any atom is -0.497 e. The molecule has 4 aromatic rings. The Morgan fingerprint density at radius 1 is 0.917 bits per heavy atom. The smallest absolute Gasteiger partial charge is 0.194 e. The number of methoxy groups -OCH3 is 2. The summed E-state index contributed by atoms with van der Waals surface area (Å²) in [7, 11) is 3.18. The van der Waals surface area contributed by atoms with Crippen LogP contribution in [0.4, 0.5) is 11.4 Å². The van der Waals surface area contributed by atoms with Crippen LogP contribution in [0, 0.1) is 0 Å². The molecule has 36 heavy (non-hydrogen) atoms. The molecule has 0 aliphatic rings. The second-order valence-corrected chi connectivity index (χ2v) is 15.2. The van der Waals surface area contributed by atoms with Crippen LogP contribution >= 0.6 is 0 Å². The fourth-order valence-corrected chi connectivity index (χ4v) is 4.47. The molecular weight excluding hydrogens is 470 g/mol. The Bertz CT molecular complexity index is 1340. The number of nitrogens with zero attached hydrogens (tertiary/aromatic N) is 5. The Labute approximate surface area is 213 Å². The summed E-state index contributed by atoms with van der Waals surface area (Å²) < 4.78 is 19.5. The lowest BCUT2D eigenvalue weighted by Crippen LogP contribution is -2.43. The minimum atomic E-state index is -2.02. The highest BCUT2D eigenvalue weighted by Crippen LogP contribution is 2.39. The molecule has 0 unspecified atom stereocenters. The summed E-state index contributed by atoms with van der Waals surface area (Å²) in [4.78, 5) is 2.15. The number of rotatable bonds is 8. The number of benzene rings is 2. The molecule has 0 radical (unpaired) electrons. The van der Waals surface area contributed by atoms with Gasteiger partial charge in [0.2, 0.25) is 0 Å². The zero-order valence-electron chi connectivity index (χ0n) is 22.4. The normalized spacial score (nSPS) is 12.1. The van der Waals surface area contributed by atoms with Crippen molar-refractivity contribution in [2.75, 3.05) is 25.9 Å². The molecule has 0 spiro atoms. The molecule has 0 aliphatic carbocycles. The lowest BCUT2D eigenvalue weighted by atomic mass is 10.1. The minimum absolute atomic E-state index is 0.0856. The Hall–Kier alpha value is -3.43. The van der Waals surface area contributed by atoms with Crippen LogP contribution in [0.25, 0.3) is 22.2 Å². The summed E-state index contributed by atoms with van der Waals surface area (Å²) in [6, 6.07) is 14.0. The molecule has 0 fully saturated rings. The van der Waals surface area contributed by atoms with Crippen LogP contribution in [0.15, 0.2) is 54.9 Å². The second kappa shape index (κ2) is 9.91. The van der Waals surface area contributed by atoms with Gasteiger partial charge < -0.3 is 18.8 Å². The van der Waals surface area contributed by atoms with Gasteiger partial charge in [0, 0.05) is 48.1 Å². The SMILES string of the molecule is COc1cc(OC)cc(N(CO[Si](C)(C)C(C)(C)C)c2ccc3nnc(-c4cnn(C)c4)cc3c2)c1. The van der Waals surface area contributed by atoms with E-state index in [1.165, 1.54) is 0 Å². The molecule has 8 nitrogen and oxygen atoms in total. The van der Waals surface area contributed by atoms with Crippen molar-refractivity contribution in [3.05, 3.63) is 54.9 Å². The molecule has 0 N–H and O–H groups in total. The van der Waals surface area contributed by atoms with E-state index in [1.807, 2.05) is 49.6 Å². The van der Waals surface area contributed by atoms with Gasteiger partial charge in [0.1, 0.15) is 18.2 Å². The average molecular weight is 506 g/mol. The van der Waals surface area contributed by atoms with E-state index in [-0.39, 0.29) is 5.04 Å². The predicted molar refractivity (Wildman–Crippen MR) is 147 cm³/mol. The maximum Gasteiger partial charge on any atom is 0.194 e. The lowest BCUT2D eigenvalue weighted by molar-refractivity contribution is 0.296. The van der Waals surface area contributed by atoms with Crippen molar-refractivity contribution in [1.82, 2.24) is 20.0 Å². The van der Waals surface area contributed by atoms with Crippen LogP contribution in [-0.2, 0) is 11.5 Å². The first-order valence-electron chi connectivity index (χ1n) is 11.9. The van der Waals surface area contributed by atoms with E-state index in [2.05, 4.69) is 60.1 Å². The van der Waals surface area contributed by atoms with E-state index in [1.54, 1.807) is 25.1 Å². The summed E-state index contributed by atoms with van der Waals surface area (Å²) in [5.74, 6) is 1.43. The third-order valence-electron chi connectivity index (χ3n) is 6.89. The average Bonchev–Trinajstić information content (AvgIpc) is 3.28. The van der Waals surface area contributed by atoms with Crippen LogP contribution in [0.3, 0.4) is 0 Å². The Morgan fingerprint density at radius 2 is 1.61 bits per heavy atom. The molecule has 4 rings (SSSR count). The lowest BCUT2D eigenvalue weighted by Gasteiger charge is -2.38. The van der Waals surface area contributed by atoms with Crippen LogP contribution in [0.5, 0.6) is 11.5 Å². The van der Waals surface area contributed by atoms with Crippen LogP contribution in [-0.4, -0.2) is 49.2 Å². The molecule has 0 saturated heterocycles. The summed E-state index contributed by atoms with van der Waals surface area (Å²) in [6.45, 7) is 11.6. The number of hydrogen-bond donors (Lipinski definition) is 0. The fraction of sp³-hybridized carbons (Fsp3) is 0.370. The molecule has 2 heterocycles. The van der Waals surface area contributed by atoms with Crippen molar-refractivity contribution in [2.24, 2.45) is 7.05 Å². The number of ether oxygens (including phenoxy) is 2. The van der Waals surface area contributed by atoms with Crippen LogP contribution in [0.1, 0.15) is 20.8 Å². The van der Waals surface area contributed by atoms with Gasteiger partial charge in [-0.3, -0.25) is 4.68 Å². The monoisotopic (exact) mass is 505 g/mol. The van der Waals surface area contributed by atoms with Gasteiger partial charge in [0.25, 0.3) is 0 Å². The maximum atomic E-state index is 6.66. The highest BCUT2D eigenvalue weighted by atomic mass is 28.4. The predicted octanol–water partition coefficient (Wildman–Crippen LogP) is 6.16. The summed E-state index contributed by atoms with van der Waals surface area (Å²) in [5, 5.41) is 14.2. The third-order valence-corrected chi connectivity index (χ3v) is 11.4. The molecule has 0 aliphatic heterocycles. The molecule has 2 aromatic carbocycles. The van der Waals surface area contributed by atoms with Gasteiger partial charge in [0.05, 0.1) is 37.3 Å².